The average Bonchev–Trinajstić information content (AvgIpc) is 2.83. The van der Waals surface area contributed by atoms with Crippen molar-refractivity contribution in [2.75, 3.05) is 6.61 Å². The number of hydrogen-bond donors (Lipinski definition) is 0. The molecule has 0 N–H and O–H groups in total. The lowest BCUT2D eigenvalue weighted by Crippen LogP contribution is -2.20. The zero-order valence-electron chi connectivity index (χ0n) is 19.0. The summed E-state index contributed by atoms with van der Waals surface area (Å²) in [5.74, 6) is 1.47. The SMILES string of the molecule is CCOc1cc(C=Nn2c(C)nc3ccc(Br)cc3c2=O)c(Br)c(Br)c1OCc1ccc(Cl)cc1Cl. The van der Waals surface area contributed by atoms with E-state index in [0.717, 1.165) is 10.0 Å². The Morgan fingerprint density at radius 1 is 1.06 bits per heavy atom. The highest BCUT2D eigenvalue weighted by Gasteiger charge is 2.18. The van der Waals surface area contributed by atoms with Gasteiger partial charge in [0, 0.05) is 30.1 Å². The van der Waals surface area contributed by atoms with Crippen LogP contribution in [0.25, 0.3) is 10.9 Å². The van der Waals surface area contributed by atoms with E-state index in [1.807, 2.05) is 19.1 Å². The molecule has 0 atom stereocenters. The van der Waals surface area contributed by atoms with Gasteiger partial charge in [-0.15, -0.1) is 0 Å². The van der Waals surface area contributed by atoms with E-state index >= 15 is 0 Å². The Hall–Kier alpha value is -1.91. The van der Waals surface area contributed by atoms with Crippen molar-refractivity contribution >= 4 is 88.1 Å². The molecule has 0 bridgehead atoms. The largest absolute Gasteiger partial charge is 0.490 e. The van der Waals surface area contributed by atoms with E-state index in [1.54, 1.807) is 43.5 Å². The lowest BCUT2D eigenvalue weighted by atomic mass is 10.2. The molecular weight excluding hydrogens is 701 g/mol. The Morgan fingerprint density at radius 2 is 1.83 bits per heavy atom. The van der Waals surface area contributed by atoms with Gasteiger partial charge in [-0.1, -0.05) is 45.2 Å². The van der Waals surface area contributed by atoms with Gasteiger partial charge in [0.2, 0.25) is 0 Å². The van der Waals surface area contributed by atoms with Gasteiger partial charge in [-0.05, 0) is 82.1 Å². The van der Waals surface area contributed by atoms with Crippen LogP contribution in [0.5, 0.6) is 11.5 Å². The van der Waals surface area contributed by atoms with Gasteiger partial charge in [0.15, 0.2) is 11.5 Å². The average molecular weight is 719 g/mol. The number of ether oxygens (including phenoxy) is 2. The maximum Gasteiger partial charge on any atom is 0.282 e. The molecule has 36 heavy (non-hydrogen) atoms. The second-order valence-corrected chi connectivity index (χ2v) is 10.9. The molecule has 6 nitrogen and oxygen atoms in total. The Morgan fingerprint density at radius 3 is 2.56 bits per heavy atom. The van der Waals surface area contributed by atoms with Crippen molar-refractivity contribution < 1.29 is 9.47 Å². The van der Waals surface area contributed by atoms with Crippen LogP contribution in [0.3, 0.4) is 0 Å². The Kier molecular flexibility index (Phi) is 8.78. The highest BCUT2D eigenvalue weighted by Crippen LogP contribution is 2.43. The molecular formula is C25H18Br3Cl2N3O3. The maximum absolute atomic E-state index is 13.1. The first-order valence-electron chi connectivity index (χ1n) is 10.6. The zero-order chi connectivity index (χ0) is 26.0. The molecule has 0 saturated heterocycles. The molecule has 0 radical (unpaired) electrons. The van der Waals surface area contributed by atoms with Crippen LogP contribution in [-0.2, 0) is 6.61 Å². The summed E-state index contributed by atoms with van der Waals surface area (Å²) in [5, 5.41) is 5.95. The first-order valence-corrected chi connectivity index (χ1v) is 13.8. The molecule has 0 saturated carbocycles. The Bertz CT molecular complexity index is 1560. The Balaban J connectivity index is 1.71. The molecule has 0 aliphatic rings. The van der Waals surface area contributed by atoms with Crippen LogP contribution >= 0.6 is 71.0 Å². The third-order valence-electron chi connectivity index (χ3n) is 5.13. The molecule has 0 unspecified atom stereocenters. The minimum atomic E-state index is -0.268. The predicted octanol–water partition coefficient (Wildman–Crippen LogP) is 8.16. The zero-order valence-corrected chi connectivity index (χ0v) is 25.3. The van der Waals surface area contributed by atoms with Crippen LogP contribution in [0.1, 0.15) is 23.9 Å². The predicted molar refractivity (Wildman–Crippen MR) is 155 cm³/mol. The van der Waals surface area contributed by atoms with E-state index in [-0.39, 0.29) is 12.2 Å². The van der Waals surface area contributed by atoms with Crippen LogP contribution in [-0.4, -0.2) is 22.5 Å². The van der Waals surface area contributed by atoms with Crippen LogP contribution < -0.4 is 15.0 Å². The molecule has 186 valence electrons. The molecule has 0 aliphatic heterocycles. The maximum atomic E-state index is 13.1. The van der Waals surface area contributed by atoms with E-state index < -0.39 is 0 Å². The van der Waals surface area contributed by atoms with Crippen LogP contribution in [0.2, 0.25) is 10.0 Å². The van der Waals surface area contributed by atoms with Crippen molar-refractivity contribution in [1.82, 2.24) is 9.66 Å². The summed E-state index contributed by atoms with van der Waals surface area (Å²) in [4.78, 5) is 17.6. The van der Waals surface area contributed by atoms with Crippen molar-refractivity contribution in [2.45, 2.75) is 20.5 Å². The van der Waals surface area contributed by atoms with Gasteiger partial charge >= 0.3 is 0 Å². The fourth-order valence-corrected chi connectivity index (χ4v) is 5.16. The minimum absolute atomic E-state index is 0.210. The van der Waals surface area contributed by atoms with Crippen molar-refractivity contribution in [3.63, 3.8) is 0 Å². The van der Waals surface area contributed by atoms with E-state index in [2.05, 4.69) is 57.9 Å². The summed E-state index contributed by atoms with van der Waals surface area (Å²) in [6.45, 7) is 4.24. The van der Waals surface area contributed by atoms with Gasteiger partial charge in [0.05, 0.1) is 28.2 Å². The van der Waals surface area contributed by atoms with Crippen molar-refractivity contribution in [2.24, 2.45) is 5.10 Å². The standard InChI is InChI=1S/C25H18Br3Cl2N3O3/c1-3-35-21-8-15(11-31-33-13(2)32-20-7-5-16(26)9-18(20)25(33)34)22(27)23(28)24(21)36-12-14-4-6-17(29)10-19(14)30/h4-11H,3,12H2,1-2H3. The molecule has 4 aromatic rings. The second-order valence-electron chi connectivity index (χ2n) is 7.56. The molecule has 1 heterocycles. The quantitative estimate of drug-likeness (QED) is 0.181. The summed E-state index contributed by atoms with van der Waals surface area (Å²) >= 11 is 22.9. The lowest BCUT2D eigenvalue weighted by Gasteiger charge is -2.17. The van der Waals surface area contributed by atoms with E-state index in [4.69, 9.17) is 32.7 Å². The van der Waals surface area contributed by atoms with Gasteiger partial charge in [-0.3, -0.25) is 4.79 Å². The molecule has 0 fully saturated rings. The number of fused-ring (bicyclic) bond motifs is 1. The van der Waals surface area contributed by atoms with Gasteiger partial charge in [-0.25, -0.2) is 4.98 Å². The van der Waals surface area contributed by atoms with Crippen LogP contribution in [0.15, 0.2) is 65.8 Å². The molecule has 4 rings (SSSR count). The molecule has 0 amide bonds. The third-order valence-corrected chi connectivity index (χ3v) is 8.35. The molecule has 0 spiro atoms. The van der Waals surface area contributed by atoms with Crippen molar-refractivity contribution in [1.29, 1.82) is 0 Å². The first kappa shape index (κ1) is 27.1. The number of benzene rings is 3. The molecule has 11 heteroatoms. The first-order chi connectivity index (χ1) is 17.2. The summed E-state index contributed by atoms with van der Waals surface area (Å²) in [6, 6.07) is 12.4. The minimum Gasteiger partial charge on any atom is -0.490 e. The van der Waals surface area contributed by atoms with E-state index in [9.17, 15) is 4.79 Å². The summed E-state index contributed by atoms with van der Waals surface area (Å²) in [6.07, 6.45) is 1.57. The summed E-state index contributed by atoms with van der Waals surface area (Å²) in [5.41, 5.74) is 1.79. The number of nitrogens with zero attached hydrogens (tertiary/aromatic N) is 3. The number of aromatic nitrogens is 2. The monoisotopic (exact) mass is 715 g/mol. The van der Waals surface area contributed by atoms with Crippen LogP contribution in [0, 0.1) is 6.92 Å². The highest BCUT2D eigenvalue weighted by atomic mass is 79.9. The van der Waals surface area contributed by atoms with Crippen molar-refractivity contribution in [3.8, 4) is 11.5 Å². The number of hydrogen-bond acceptors (Lipinski definition) is 5. The lowest BCUT2D eigenvalue weighted by molar-refractivity contribution is 0.267. The van der Waals surface area contributed by atoms with E-state index in [1.165, 1.54) is 4.68 Å². The Labute approximate surface area is 242 Å². The molecule has 3 aromatic carbocycles. The molecule has 1 aromatic heterocycles. The smallest absolute Gasteiger partial charge is 0.282 e. The summed E-state index contributed by atoms with van der Waals surface area (Å²) in [7, 11) is 0. The van der Waals surface area contributed by atoms with E-state index in [0.29, 0.717) is 59.4 Å². The van der Waals surface area contributed by atoms with Gasteiger partial charge in [-0.2, -0.15) is 9.78 Å². The highest BCUT2D eigenvalue weighted by molar-refractivity contribution is 9.13. The third kappa shape index (κ3) is 5.81. The molecule has 0 aliphatic carbocycles. The van der Waals surface area contributed by atoms with Crippen LogP contribution in [0.4, 0.5) is 0 Å². The van der Waals surface area contributed by atoms with Gasteiger partial charge in [0.1, 0.15) is 12.4 Å². The number of rotatable bonds is 7. The van der Waals surface area contributed by atoms with Gasteiger partial charge < -0.3 is 9.47 Å². The fraction of sp³-hybridized carbons (Fsp3) is 0.160. The number of halogens is 5. The fourth-order valence-electron chi connectivity index (χ4n) is 3.40. The normalized spacial score (nSPS) is 11.4. The van der Waals surface area contributed by atoms with Crippen molar-refractivity contribution in [3.05, 3.63) is 93.2 Å². The van der Waals surface area contributed by atoms with Gasteiger partial charge in [0.25, 0.3) is 5.56 Å². The number of aryl methyl sites for hydroxylation is 1. The summed E-state index contributed by atoms with van der Waals surface area (Å²) < 4.78 is 15.3. The second kappa shape index (κ2) is 11.6. The topological polar surface area (TPSA) is 65.7 Å².